The van der Waals surface area contributed by atoms with Gasteiger partial charge in [0.15, 0.2) is 5.58 Å². The third kappa shape index (κ3) is 3.47. The van der Waals surface area contributed by atoms with E-state index in [9.17, 15) is 0 Å². The van der Waals surface area contributed by atoms with Crippen molar-refractivity contribution in [2.45, 2.75) is 33.2 Å². The van der Waals surface area contributed by atoms with Gasteiger partial charge in [-0.05, 0) is 79.9 Å². The highest BCUT2D eigenvalue weighted by Crippen LogP contribution is 2.40. The molecule has 0 bridgehead atoms. The molecule has 2 unspecified atom stereocenters. The summed E-state index contributed by atoms with van der Waals surface area (Å²) in [4.78, 5) is 4.70. The van der Waals surface area contributed by atoms with Crippen molar-refractivity contribution in [1.29, 1.82) is 0 Å². The maximum atomic E-state index is 6.42. The van der Waals surface area contributed by atoms with Crippen molar-refractivity contribution in [3.05, 3.63) is 108 Å². The van der Waals surface area contributed by atoms with Crippen LogP contribution in [0.3, 0.4) is 0 Å². The van der Waals surface area contributed by atoms with Crippen molar-refractivity contribution in [1.82, 2.24) is 14.9 Å². The Bertz CT molecular complexity index is 1820. The molecule has 1 aliphatic heterocycles. The van der Waals surface area contributed by atoms with E-state index in [0.717, 1.165) is 40.2 Å². The average molecular weight is 484 g/mol. The van der Waals surface area contributed by atoms with Crippen molar-refractivity contribution < 1.29 is 4.42 Å². The number of rotatable bonds is 3. The van der Waals surface area contributed by atoms with Crippen LogP contribution in [0.15, 0.2) is 95.7 Å². The van der Waals surface area contributed by atoms with Crippen LogP contribution in [-0.4, -0.2) is 9.55 Å². The van der Waals surface area contributed by atoms with Crippen molar-refractivity contribution in [3.8, 4) is 16.9 Å². The zero-order valence-corrected chi connectivity index (χ0v) is 21.3. The Balaban J connectivity index is 1.57. The Labute approximate surface area is 216 Å². The Morgan fingerprint density at radius 3 is 2.59 bits per heavy atom. The average Bonchev–Trinajstić information content (AvgIpc) is 3.43. The SMILES string of the molecule is Cc1oc2c(ccc3c4ccccc4n(-c4cc(-c5ccccn5)cc(C5CC(C)C=CN5)c4)c32)c1C. The van der Waals surface area contributed by atoms with Crippen LogP contribution >= 0.6 is 0 Å². The second-order valence-corrected chi connectivity index (χ2v) is 10.3. The highest BCUT2D eigenvalue weighted by molar-refractivity contribution is 6.17. The van der Waals surface area contributed by atoms with Gasteiger partial charge in [0.05, 0.1) is 22.8 Å². The number of aromatic nitrogens is 2. The molecule has 0 saturated heterocycles. The molecular formula is C33H29N3O. The van der Waals surface area contributed by atoms with Crippen molar-refractivity contribution in [2.24, 2.45) is 5.92 Å². The molecule has 4 nitrogen and oxygen atoms in total. The number of furan rings is 1. The number of hydrogen-bond acceptors (Lipinski definition) is 3. The van der Waals surface area contributed by atoms with Gasteiger partial charge in [0.2, 0.25) is 0 Å². The number of allylic oxidation sites excluding steroid dienone is 1. The molecule has 3 aromatic carbocycles. The van der Waals surface area contributed by atoms with E-state index in [1.54, 1.807) is 0 Å². The van der Waals surface area contributed by atoms with E-state index in [1.807, 2.05) is 12.3 Å². The van der Waals surface area contributed by atoms with Crippen LogP contribution in [0.4, 0.5) is 0 Å². The van der Waals surface area contributed by atoms with E-state index < -0.39 is 0 Å². The fourth-order valence-corrected chi connectivity index (χ4v) is 5.85. The van der Waals surface area contributed by atoms with Crippen LogP contribution < -0.4 is 5.32 Å². The molecule has 0 saturated carbocycles. The number of nitrogens with one attached hydrogen (secondary N) is 1. The van der Waals surface area contributed by atoms with E-state index in [2.05, 4.69) is 110 Å². The Hall–Kier alpha value is -4.31. The number of fused-ring (bicyclic) bond motifs is 5. The fourth-order valence-electron chi connectivity index (χ4n) is 5.85. The van der Waals surface area contributed by atoms with Gasteiger partial charge in [-0.1, -0.05) is 49.4 Å². The van der Waals surface area contributed by atoms with Gasteiger partial charge in [0.1, 0.15) is 5.76 Å². The normalized spacial score (nSPS) is 17.6. The summed E-state index contributed by atoms with van der Waals surface area (Å²) in [6, 6.07) is 26.3. The largest absolute Gasteiger partial charge is 0.459 e. The molecule has 7 rings (SSSR count). The summed E-state index contributed by atoms with van der Waals surface area (Å²) in [5.41, 5.74) is 8.90. The first-order chi connectivity index (χ1) is 18.1. The lowest BCUT2D eigenvalue weighted by molar-refractivity contribution is 0.472. The highest BCUT2D eigenvalue weighted by Gasteiger charge is 2.22. The molecule has 4 heteroatoms. The molecular weight excluding hydrogens is 454 g/mol. The number of benzene rings is 3. The summed E-state index contributed by atoms with van der Waals surface area (Å²) in [7, 11) is 0. The van der Waals surface area contributed by atoms with Crippen molar-refractivity contribution in [3.63, 3.8) is 0 Å². The molecule has 4 heterocycles. The van der Waals surface area contributed by atoms with Gasteiger partial charge < -0.3 is 14.3 Å². The molecule has 0 radical (unpaired) electrons. The van der Waals surface area contributed by atoms with Crippen LogP contribution in [0.25, 0.3) is 49.7 Å². The first kappa shape index (κ1) is 21.9. The Morgan fingerprint density at radius 2 is 1.76 bits per heavy atom. The number of pyridine rings is 1. The molecule has 0 aliphatic carbocycles. The molecule has 1 aliphatic rings. The van der Waals surface area contributed by atoms with Crippen LogP contribution in [0.1, 0.15) is 36.3 Å². The maximum absolute atomic E-state index is 6.42. The van der Waals surface area contributed by atoms with Gasteiger partial charge in [-0.15, -0.1) is 0 Å². The number of hydrogen-bond donors (Lipinski definition) is 1. The predicted molar refractivity (Wildman–Crippen MR) is 152 cm³/mol. The monoisotopic (exact) mass is 483 g/mol. The van der Waals surface area contributed by atoms with E-state index in [1.165, 1.54) is 32.8 Å². The molecule has 1 N–H and O–H groups in total. The Kier molecular flexibility index (Phi) is 4.97. The van der Waals surface area contributed by atoms with Gasteiger partial charge in [0, 0.05) is 33.6 Å². The zero-order valence-electron chi connectivity index (χ0n) is 21.3. The van der Waals surface area contributed by atoms with Gasteiger partial charge in [-0.3, -0.25) is 4.98 Å². The minimum atomic E-state index is 0.239. The maximum Gasteiger partial charge on any atom is 0.159 e. The number of para-hydroxylation sites is 1. The molecule has 0 fully saturated rings. The number of aryl methyl sites for hydroxylation is 2. The lowest BCUT2D eigenvalue weighted by Gasteiger charge is -2.26. The first-order valence-corrected chi connectivity index (χ1v) is 13.0. The van der Waals surface area contributed by atoms with Gasteiger partial charge in [0.25, 0.3) is 0 Å². The van der Waals surface area contributed by atoms with Crippen molar-refractivity contribution in [2.75, 3.05) is 0 Å². The lowest BCUT2D eigenvalue weighted by Crippen LogP contribution is -2.22. The molecule has 0 spiro atoms. The topological polar surface area (TPSA) is 43.0 Å². The smallest absolute Gasteiger partial charge is 0.159 e. The minimum absolute atomic E-state index is 0.239. The third-order valence-electron chi connectivity index (χ3n) is 7.87. The molecule has 3 aromatic heterocycles. The Morgan fingerprint density at radius 1 is 0.919 bits per heavy atom. The molecule has 2 atom stereocenters. The summed E-state index contributed by atoms with van der Waals surface area (Å²) < 4.78 is 8.81. The third-order valence-corrected chi connectivity index (χ3v) is 7.87. The summed E-state index contributed by atoms with van der Waals surface area (Å²) >= 11 is 0. The summed E-state index contributed by atoms with van der Waals surface area (Å²) in [6.45, 7) is 6.47. The first-order valence-electron chi connectivity index (χ1n) is 13.0. The summed E-state index contributed by atoms with van der Waals surface area (Å²) in [5.74, 6) is 1.49. The minimum Gasteiger partial charge on any atom is -0.459 e. The van der Waals surface area contributed by atoms with Crippen LogP contribution in [0, 0.1) is 19.8 Å². The summed E-state index contributed by atoms with van der Waals surface area (Å²) in [5, 5.41) is 7.20. The molecule has 6 aromatic rings. The van der Waals surface area contributed by atoms with Gasteiger partial charge in [-0.25, -0.2) is 0 Å². The van der Waals surface area contributed by atoms with Crippen LogP contribution in [-0.2, 0) is 0 Å². The van der Waals surface area contributed by atoms with E-state index in [0.29, 0.717) is 5.92 Å². The second-order valence-electron chi connectivity index (χ2n) is 10.3. The molecule has 182 valence electrons. The van der Waals surface area contributed by atoms with Gasteiger partial charge in [-0.2, -0.15) is 0 Å². The predicted octanol–water partition coefficient (Wildman–Crippen LogP) is 8.39. The standard InChI is InChI=1S/C33H29N3O/c1-20-13-15-35-30(16-20)24-17-23(29-9-6-7-14-34-29)18-25(19-24)36-31-10-5-4-8-27(31)28-12-11-26-21(2)22(3)37-33(26)32(28)36/h4-15,17-20,30,35H,16H2,1-3H3. The number of nitrogens with zero attached hydrogens (tertiary/aromatic N) is 2. The van der Waals surface area contributed by atoms with E-state index in [4.69, 9.17) is 9.40 Å². The van der Waals surface area contributed by atoms with E-state index in [-0.39, 0.29) is 6.04 Å². The highest BCUT2D eigenvalue weighted by atomic mass is 16.3. The summed E-state index contributed by atoms with van der Waals surface area (Å²) in [6.07, 6.45) is 7.26. The van der Waals surface area contributed by atoms with Crippen molar-refractivity contribution >= 4 is 32.8 Å². The van der Waals surface area contributed by atoms with Gasteiger partial charge >= 0.3 is 0 Å². The second kappa shape index (κ2) is 8.38. The van der Waals surface area contributed by atoms with E-state index >= 15 is 0 Å². The lowest BCUT2D eigenvalue weighted by atomic mass is 9.91. The van der Waals surface area contributed by atoms with Crippen LogP contribution in [0.2, 0.25) is 0 Å². The fraction of sp³-hybridized carbons (Fsp3) is 0.182. The molecule has 0 amide bonds. The molecule has 37 heavy (non-hydrogen) atoms. The zero-order chi connectivity index (χ0) is 25.1. The quantitative estimate of drug-likeness (QED) is 0.275. The van der Waals surface area contributed by atoms with Crippen LogP contribution in [0.5, 0.6) is 0 Å².